The summed E-state index contributed by atoms with van der Waals surface area (Å²) in [5.74, 6) is 0.267. The zero-order valence-corrected chi connectivity index (χ0v) is 10.3. The molecular weight excluding hydrogens is 239 g/mol. The molecule has 3 aromatic rings. The van der Waals surface area contributed by atoms with Gasteiger partial charge < -0.3 is 4.74 Å². The van der Waals surface area contributed by atoms with Crippen molar-refractivity contribution in [3.63, 3.8) is 0 Å². The van der Waals surface area contributed by atoms with Crippen LogP contribution in [0.1, 0.15) is 5.56 Å². The van der Waals surface area contributed by atoms with Gasteiger partial charge in [-0.05, 0) is 28.5 Å². The van der Waals surface area contributed by atoms with Crippen molar-refractivity contribution in [2.75, 3.05) is 0 Å². The van der Waals surface area contributed by atoms with Crippen molar-refractivity contribution in [1.29, 1.82) is 0 Å². The fourth-order valence-electron chi connectivity index (χ4n) is 2.14. The number of hydrogen-bond acceptors (Lipinski definition) is 1. The standard InChI is InChI=1S/C17H13FO/c18-15-8-4-9-16(11-15)19-12-14-7-3-6-13-5-1-2-10-17(13)14/h1-11H,12H2. The lowest BCUT2D eigenvalue weighted by atomic mass is 10.1. The quantitative estimate of drug-likeness (QED) is 0.664. The van der Waals surface area contributed by atoms with Crippen molar-refractivity contribution < 1.29 is 9.13 Å². The van der Waals surface area contributed by atoms with Crippen molar-refractivity contribution in [2.24, 2.45) is 0 Å². The zero-order valence-electron chi connectivity index (χ0n) is 10.3. The first-order valence-corrected chi connectivity index (χ1v) is 6.18. The molecule has 1 nitrogen and oxygen atoms in total. The van der Waals surface area contributed by atoms with Crippen LogP contribution in [-0.2, 0) is 6.61 Å². The van der Waals surface area contributed by atoms with Crippen LogP contribution in [0.3, 0.4) is 0 Å². The summed E-state index contributed by atoms with van der Waals surface area (Å²) in [5.41, 5.74) is 1.10. The molecule has 0 radical (unpaired) electrons. The average Bonchev–Trinajstić information content (AvgIpc) is 2.45. The molecule has 0 saturated carbocycles. The van der Waals surface area contributed by atoms with Gasteiger partial charge in [0.05, 0.1) is 0 Å². The van der Waals surface area contributed by atoms with Crippen LogP contribution in [0.5, 0.6) is 5.75 Å². The minimum absolute atomic E-state index is 0.282. The molecule has 0 N–H and O–H groups in total. The van der Waals surface area contributed by atoms with E-state index in [0.717, 1.165) is 5.56 Å². The summed E-state index contributed by atoms with van der Waals surface area (Å²) >= 11 is 0. The minimum atomic E-state index is -0.282. The van der Waals surface area contributed by atoms with Crippen LogP contribution in [0.15, 0.2) is 66.7 Å². The fourth-order valence-corrected chi connectivity index (χ4v) is 2.14. The SMILES string of the molecule is Fc1cccc(OCc2cccc3ccccc23)c1. The first kappa shape index (κ1) is 11.7. The Labute approximate surface area is 111 Å². The normalized spacial score (nSPS) is 10.6. The van der Waals surface area contributed by atoms with Gasteiger partial charge in [0.1, 0.15) is 18.2 Å². The summed E-state index contributed by atoms with van der Waals surface area (Å²) in [6, 6.07) is 20.5. The summed E-state index contributed by atoms with van der Waals surface area (Å²) in [5, 5.41) is 2.35. The first-order chi connectivity index (χ1) is 9.33. The van der Waals surface area contributed by atoms with Gasteiger partial charge in [-0.3, -0.25) is 0 Å². The molecule has 0 aromatic heterocycles. The molecular formula is C17H13FO. The van der Waals surface area contributed by atoms with E-state index in [2.05, 4.69) is 18.2 Å². The van der Waals surface area contributed by atoms with Crippen LogP contribution < -0.4 is 4.74 Å². The second-order valence-corrected chi connectivity index (χ2v) is 4.38. The number of hydrogen-bond donors (Lipinski definition) is 0. The molecule has 0 aliphatic heterocycles. The molecule has 3 rings (SSSR count). The minimum Gasteiger partial charge on any atom is -0.489 e. The number of benzene rings is 3. The van der Waals surface area contributed by atoms with Crippen LogP contribution in [0.4, 0.5) is 4.39 Å². The van der Waals surface area contributed by atoms with Gasteiger partial charge in [-0.15, -0.1) is 0 Å². The van der Waals surface area contributed by atoms with E-state index in [1.54, 1.807) is 12.1 Å². The second-order valence-electron chi connectivity index (χ2n) is 4.38. The Morgan fingerprint density at radius 2 is 1.63 bits per heavy atom. The summed E-state index contributed by atoms with van der Waals surface area (Å²) in [4.78, 5) is 0. The van der Waals surface area contributed by atoms with Crippen molar-refractivity contribution in [2.45, 2.75) is 6.61 Å². The van der Waals surface area contributed by atoms with Crippen LogP contribution in [-0.4, -0.2) is 0 Å². The molecule has 0 bridgehead atoms. The molecule has 0 fully saturated rings. The molecule has 0 aliphatic carbocycles. The maximum absolute atomic E-state index is 13.1. The summed E-state index contributed by atoms with van der Waals surface area (Å²) < 4.78 is 18.7. The van der Waals surface area contributed by atoms with Crippen LogP contribution in [0, 0.1) is 5.82 Å². The van der Waals surface area contributed by atoms with Crippen LogP contribution >= 0.6 is 0 Å². The van der Waals surface area contributed by atoms with E-state index in [1.807, 2.05) is 24.3 Å². The van der Waals surface area contributed by atoms with Gasteiger partial charge in [-0.1, -0.05) is 48.5 Å². The van der Waals surface area contributed by atoms with E-state index in [0.29, 0.717) is 12.4 Å². The lowest BCUT2D eigenvalue weighted by Gasteiger charge is -2.09. The van der Waals surface area contributed by atoms with E-state index in [9.17, 15) is 4.39 Å². The molecule has 2 heteroatoms. The Bertz CT molecular complexity index is 701. The van der Waals surface area contributed by atoms with E-state index in [1.165, 1.54) is 22.9 Å². The molecule has 0 spiro atoms. The number of halogens is 1. The van der Waals surface area contributed by atoms with Gasteiger partial charge in [0.15, 0.2) is 0 Å². The molecule has 0 atom stereocenters. The van der Waals surface area contributed by atoms with Crippen LogP contribution in [0.25, 0.3) is 10.8 Å². The van der Waals surface area contributed by atoms with Crippen LogP contribution in [0.2, 0.25) is 0 Å². The predicted molar refractivity (Wildman–Crippen MR) is 74.7 cm³/mol. The maximum atomic E-state index is 13.1. The molecule has 3 aromatic carbocycles. The highest BCUT2D eigenvalue weighted by molar-refractivity contribution is 5.85. The third kappa shape index (κ3) is 2.58. The van der Waals surface area contributed by atoms with Crippen molar-refractivity contribution >= 4 is 10.8 Å². The van der Waals surface area contributed by atoms with Gasteiger partial charge in [0.2, 0.25) is 0 Å². The van der Waals surface area contributed by atoms with Gasteiger partial charge in [0, 0.05) is 6.07 Å². The summed E-state index contributed by atoms with van der Waals surface area (Å²) in [6.45, 7) is 0.435. The monoisotopic (exact) mass is 252 g/mol. The molecule has 0 heterocycles. The summed E-state index contributed by atoms with van der Waals surface area (Å²) in [6.07, 6.45) is 0. The van der Waals surface area contributed by atoms with Crippen molar-refractivity contribution in [3.8, 4) is 5.75 Å². The predicted octanol–water partition coefficient (Wildman–Crippen LogP) is 4.56. The molecule has 0 aliphatic rings. The van der Waals surface area contributed by atoms with E-state index >= 15 is 0 Å². The second kappa shape index (κ2) is 5.11. The van der Waals surface area contributed by atoms with Crippen molar-refractivity contribution in [1.82, 2.24) is 0 Å². The smallest absolute Gasteiger partial charge is 0.126 e. The highest BCUT2D eigenvalue weighted by atomic mass is 19.1. The van der Waals surface area contributed by atoms with Crippen molar-refractivity contribution in [3.05, 3.63) is 78.1 Å². The zero-order chi connectivity index (χ0) is 13.1. The Morgan fingerprint density at radius 3 is 2.53 bits per heavy atom. The third-order valence-corrected chi connectivity index (χ3v) is 3.07. The molecule has 0 amide bonds. The van der Waals surface area contributed by atoms with Gasteiger partial charge >= 0.3 is 0 Å². The van der Waals surface area contributed by atoms with Gasteiger partial charge in [-0.2, -0.15) is 0 Å². The Kier molecular flexibility index (Phi) is 3.15. The molecule has 0 unspecified atom stereocenters. The van der Waals surface area contributed by atoms with E-state index in [-0.39, 0.29) is 5.82 Å². The number of ether oxygens (including phenoxy) is 1. The maximum Gasteiger partial charge on any atom is 0.126 e. The molecule has 0 saturated heterocycles. The molecule has 19 heavy (non-hydrogen) atoms. The third-order valence-electron chi connectivity index (χ3n) is 3.07. The lowest BCUT2D eigenvalue weighted by Crippen LogP contribution is -1.96. The van der Waals surface area contributed by atoms with Gasteiger partial charge in [-0.25, -0.2) is 4.39 Å². The lowest BCUT2D eigenvalue weighted by molar-refractivity contribution is 0.306. The Hall–Kier alpha value is -2.35. The fraction of sp³-hybridized carbons (Fsp3) is 0.0588. The largest absolute Gasteiger partial charge is 0.489 e. The topological polar surface area (TPSA) is 9.23 Å². The van der Waals surface area contributed by atoms with Gasteiger partial charge in [0.25, 0.3) is 0 Å². The summed E-state index contributed by atoms with van der Waals surface area (Å²) in [7, 11) is 0. The first-order valence-electron chi connectivity index (χ1n) is 6.18. The highest BCUT2D eigenvalue weighted by Gasteiger charge is 2.02. The Balaban J connectivity index is 1.86. The number of fused-ring (bicyclic) bond motifs is 1. The average molecular weight is 252 g/mol. The highest BCUT2D eigenvalue weighted by Crippen LogP contribution is 2.20. The number of rotatable bonds is 3. The van der Waals surface area contributed by atoms with E-state index in [4.69, 9.17) is 4.74 Å². The Morgan fingerprint density at radius 1 is 0.842 bits per heavy atom. The molecule has 94 valence electrons. The van der Waals surface area contributed by atoms with E-state index < -0.39 is 0 Å².